The molecule has 1 amide bonds. The number of nitrogens with two attached hydrogens (primary N) is 1. The number of aromatic nitrogens is 5. The van der Waals surface area contributed by atoms with Gasteiger partial charge in [-0.25, -0.2) is 9.67 Å². The van der Waals surface area contributed by atoms with Crippen molar-refractivity contribution in [3.63, 3.8) is 0 Å². The van der Waals surface area contributed by atoms with Gasteiger partial charge in [-0.1, -0.05) is 35.5 Å². The van der Waals surface area contributed by atoms with Crippen LogP contribution in [0.2, 0.25) is 0 Å². The molecule has 0 bridgehead atoms. The molecule has 9 heteroatoms. The molecule has 158 valence electrons. The summed E-state index contributed by atoms with van der Waals surface area (Å²) in [5.74, 6) is 3.02. The van der Waals surface area contributed by atoms with Crippen molar-refractivity contribution in [3.8, 4) is 0 Å². The van der Waals surface area contributed by atoms with Crippen LogP contribution in [-0.4, -0.2) is 37.4 Å². The highest BCUT2D eigenvalue weighted by atomic mass is 16.5. The van der Waals surface area contributed by atoms with Gasteiger partial charge in [0.15, 0.2) is 11.6 Å². The van der Waals surface area contributed by atoms with E-state index >= 15 is 0 Å². The summed E-state index contributed by atoms with van der Waals surface area (Å²) in [4.78, 5) is 21.3. The molecule has 1 fully saturated rings. The van der Waals surface area contributed by atoms with Crippen molar-refractivity contribution in [2.24, 2.45) is 11.7 Å². The van der Waals surface area contributed by atoms with Crippen LogP contribution in [0, 0.1) is 12.8 Å². The molecule has 30 heavy (non-hydrogen) atoms. The van der Waals surface area contributed by atoms with Crippen LogP contribution in [0.1, 0.15) is 47.8 Å². The quantitative estimate of drug-likeness (QED) is 0.520. The maximum Gasteiger partial charge on any atom is 0.241 e. The van der Waals surface area contributed by atoms with Crippen LogP contribution in [0.5, 0.6) is 0 Å². The Morgan fingerprint density at radius 3 is 2.77 bits per heavy atom. The minimum Gasteiger partial charge on any atom is -0.354 e. The number of amides is 1. The molecule has 1 atom stereocenters. The monoisotopic (exact) mass is 409 g/mol. The largest absolute Gasteiger partial charge is 0.354 e. The van der Waals surface area contributed by atoms with Crippen molar-refractivity contribution in [1.29, 1.82) is 0 Å². The zero-order valence-electron chi connectivity index (χ0n) is 17.1. The summed E-state index contributed by atoms with van der Waals surface area (Å²) in [6, 6.07) is 9.71. The SMILES string of the molecule is Cc1nc(CCNC(=O)Cn2nc(CC3CC3)nc2[C@H](N)Cc2ccccc2)no1. The molecule has 1 saturated carbocycles. The van der Waals surface area contributed by atoms with Gasteiger partial charge >= 0.3 is 0 Å². The number of aryl methyl sites for hydroxylation is 1. The van der Waals surface area contributed by atoms with Gasteiger partial charge in [-0.15, -0.1) is 0 Å². The van der Waals surface area contributed by atoms with E-state index in [1.54, 1.807) is 11.6 Å². The lowest BCUT2D eigenvalue weighted by Crippen LogP contribution is -2.31. The highest BCUT2D eigenvalue weighted by Crippen LogP contribution is 2.32. The predicted molar refractivity (Wildman–Crippen MR) is 109 cm³/mol. The Labute approximate surface area is 175 Å². The van der Waals surface area contributed by atoms with E-state index in [9.17, 15) is 4.79 Å². The first kappa shape index (κ1) is 20.2. The number of carbonyl (C=O) groups is 1. The molecule has 4 rings (SSSR count). The fraction of sp³-hybridized carbons (Fsp3) is 0.476. The van der Waals surface area contributed by atoms with Gasteiger partial charge in [0.2, 0.25) is 11.8 Å². The number of rotatable bonds is 10. The maximum atomic E-state index is 12.5. The van der Waals surface area contributed by atoms with Gasteiger partial charge < -0.3 is 15.6 Å². The zero-order chi connectivity index (χ0) is 20.9. The Balaban J connectivity index is 1.39. The van der Waals surface area contributed by atoms with E-state index in [0.717, 1.165) is 17.8 Å². The van der Waals surface area contributed by atoms with Gasteiger partial charge in [-0.2, -0.15) is 10.1 Å². The summed E-state index contributed by atoms with van der Waals surface area (Å²) in [7, 11) is 0. The molecule has 0 aliphatic heterocycles. The lowest BCUT2D eigenvalue weighted by atomic mass is 10.1. The normalized spacial score (nSPS) is 14.6. The zero-order valence-corrected chi connectivity index (χ0v) is 17.1. The molecular weight excluding hydrogens is 382 g/mol. The van der Waals surface area contributed by atoms with E-state index in [4.69, 9.17) is 10.3 Å². The third-order valence-electron chi connectivity index (χ3n) is 5.08. The molecule has 0 spiro atoms. The Bertz CT molecular complexity index is 978. The molecule has 3 N–H and O–H groups in total. The Morgan fingerprint density at radius 1 is 1.27 bits per heavy atom. The van der Waals surface area contributed by atoms with E-state index in [0.29, 0.717) is 42.8 Å². The summed E-state index contributed by atoms with van der Waals surface area (Å²) in [5, 5.41) is 11.3. The van der Waals surface area contributed by atoms with Crippen molar-refractivity contribution in [2.45, 2.75) is 51.6 Å². The second kappa shape index (κ2) is 9.17. The third kappa shape index (κ3) is 5.50. The van der Waals surface area contributed by atoms with Crippen LogP contribution in [0.15, 0.2) is 34.9 Å². The van der Waals surface area contributed by atoms with Crippen LogP contribution in [-0.2, 0) is 30.6 Å². The van der Waals surface area contributed by atoms with Crippen LogP contribution < -0.4 is 11.1 Å². The van der Waals surface area contributed by atoms with Crippen molar-refractivity contribution >= 4 is 5.91 Å². The van der Waals surface area contributed by atoms with Crippen molar-refractivity contribution in [2.75, 3.05) is 6.54 Å². The van der Waals surface area contributed by atoms with Gasteiger partial charge in [0.1, 0.15) is 12.4 Å². The van der Waals surface area contributed by atoms with Gasteiger partial charge in [0.25, 0.3) is 0 Å². The van der Waals surface area contributed by atoms with Gasteiger partial charge in [-0.05, 0) is 30.7 Å². The lowest BCUT2D eigenvalue weighted by Gasteiger charge is -2.13. The first-order valence-electron chi connectivity index (χ1n) is 10.4. The smallest absolute Gasteiger partial charge is 0.241 e. The molecule has 1 aliphatic carbocycles. The molecule has 0 radical (unpaired) electrons. The van der Waals surface area contributed by atoms with Crippen LogP contribution in [0.4, 0.5) is 0 Å². The summed E-state index contributed by atoms with van der Waals surface area (Å²) in [6.45, 7) is 2.24. The Hall–Kier alpha value is -3.07. The molecule has 1 aromatic carbocycles. The Kier molecular flexibility index (Phi) is 6.18. The van der Waals surface area contributed by atoms with Gasteiger partial charge in [-0.3, -0.25) is 4.79 Å². The molecular formula is C21H27N7O2. The van der Waals surface area contributed by atoms with Crippen LogP contribution in [0.3, 0.4) is 0 Å². The minimum absolute atomic E-state index is 0.0841. The molecule has 2 heterocycles. The molecule has 1 aliphatic rings. The van der Waals surface area contributed by atoms with Gasteiger partial charge in [0.05, 0.1) is 6.04 Å². The van der Waals surface area contributed by atoms with Gasteiger partial charge in [0, 0.05) is 26.3 Å². The van der Waals surface area contributed by atoms with E-state index in [1.807, 2.05) is 30.3 Å². The first-order chi connectivity index (χ1) is 14.6. The fourth-order valence-corrected chi connectivity index (χ4v) is 3.37. The van der Waals surface area contributed by atoms with E-state index in [-0.39, 0.29) is 18.5 Å². The Morgan fingerprint density at radius 2 is 2.07 bits per heavy atom. The van der Waals surface area contributed by atoms with Crippen LogP contribution in [0.25, 0.3) is 0 Å². The van der Waals surface area contributed by atoms with E-state index < -0.39 is 0 Å². The summed E-state index contributed by atoms with van der Waals surface area (Å²) in [5.41, 5.74) is 7.59. The van der Waals surface area contributed by atoms with Crippen molar-refractivity contribution < 1.29 is 9.32 Å². The number of carbonyl (C=O) groups excluding carboxylic acids is 1. The number of hydrogen-bond donors (Lipinski definition) is 2. The average Bonchev–Trinajstić information content (AvgIpc) is 3.30. The highest BCUT2D eigenvalue weighted by molar-refractivity contribution is 5.75. The molecule has 0 unspecified atom stereocenters. The van der Waals surface area contributed by atoms with Crippen molar-refractivity contribution in [1.82, 2.24) is 30.2 Å². The second-order valence-corrected chi connectivity index (χ2v) is 7.82. The predicted octanol–water partition coefficient (Wildman–Crippen LogP) is 1.52. The number of benzene rings is 1. The molecule has 0 saturated heterocycles. The number of nitrogens with zero attached hydrogens (tertiary/aromatic N) is 5. The summed E-state index contributed by atoms with van der Waals surface area (Å²) >= 11 is 0. The maximum absolute atomic E-state index is 12.5. The highest BCUT2D eigenvalue weighted by Gasteiger charge is 2.26. The molecule has 9 nitrogen and oxygen atoms in total. The minimum atomic E-state index is -0.331. The van der Waals surface area contributed by atoms with Crippen molar-refractivity contribution in [3.05, 3.63) is 59.3 Å². The molecule has 3 aromatic rings. The lowest BCUT2D eigenvalue weighted by molar-refractivity contribution is -0.121. The standard InChI is InChI=1S/C21H27N7O2/c1-14-24-18(27-30-14)9-10-23-20(29)13-28-21(25-19(26-28)12-16-7-8-16)17(22)11-15-5-3-2-4-6-15/h2-6,16-17H,7-13,22H2,1H3,(H,23,29)/t17-/m1/s1. The fourth-order valence-electron chi connectivity index (χ4n) is 3.37. The number of nitrogens with one attached hydrogen (secondary N) is 1. The second-order valence-electron chi connectivity index (χ2n) is 7.82. The molecule has 2 aromatic heterocycles. The van der Waals surface area contributed by atoms with Crippen LogP contribution >= 0.6 is 0 Å². The summed E-state index contributed by atoms with van der Waals surface area (Å²) < 4.78 is 6.59. The number of hydrogen-bond acceptors (Lipinski definition) is 7. The van der Waals surface area contributed by atoms with E-state index in [1.165, 1.54) is 12.8 Å². The third-order valence-corrected chi connectivity index (χ3v) is 5.08. The van der Waals surface area contributed by atoms with E-state index in [2.05, 4.69) is 25.5 Å². The summed E-state index contributed by atoms with van der Waals surface area (Å²) in [6.07, 6.45) is 4.43. The average molecular weight is 409 g/mol. The first-order valence-corrected chi connectivity index (χ1v) is 10.4. The topological polar surface area (TPSA) is 125 Å².